The summed E-state index contributed by atoms with van der Waals surface area (Å²) in [6, 6.07) is 7.14. The molecule has 1 heterocycles. The minimum absolute atomic E-state index is 0. The van der Waals surface area contributed by atoms with Crippen molar-refractivity contribution in [3.63, 3.8) is 0 Å². The van der Waals surface area contributed by atoms with Crippen LogP contribution in [0.1, 0.15) is 16.8 Å². The van der Waals surface area contributed by atoms with Gasteiger partial charge in [-0.05, 0) is 37.2 Å². The van der Waals surface area contributed by atoms with Crippen molar-refractivity contribution >= 4 is 5.91 Å². The van der Waals surface area contributed by atoms with Crippen molar-refractivity contribution in [2.75, 3.05) is 46.5 Å². The molecule has 5 nitrogen and oxygen atoms in total. The number of nitrogens with zero attached hydrogens (tertiary/aromatic N) is 1. The number of hydrogen-bond donors (Lipinski definition) is 1. The Labute approximate surface area is 132 Å². The van der Waals surface area contributed by atoms with Gasteiger partial charge < -0.3 is 27.2 Å². The van der Waals surface area contributed by atoms with E-state index in [2.05, 4.69) is 10.2 Å². The third kappa shape index (κ3) is 5.91. The smallest absolute Gasteiger partial charge is 0.251 e. The molecule has 0 radical (unpaired) electrons. The van der Waals surface area contributed by atoms with E-state index in [4.69, 9.17) is 9.47 Å². The Morgan fingerprint density at radius 3 is 2.57 bits per heavy atom. The van der Waals surface area contributed by atoms with Crippen molar-refractivity contribution < 1.29 is 26.7 Å². The largest absolute Gasteiger partial charge is 1.00 e. The molecule has 2 rings (SSSR count). The fourth-order valence-electron chi connectivity index (χ4n) is 2.17. The van der Waals surface area contributed by atoms with Gasteiger partial charge in [-0.25, -0.2) is 0 Å². The predicted molar refractivity (Wildman–Crippen MR) is 77.2 cm³/mol. The summed E-state index contributed by atoms with van der Waals surface area (Å²) < 4.78 is 10.4. The zero-order valence-corrected chi connectivity index (χ0v) is 13.1. The van der Waals surface area contributed by atoms with Gasteiger partial charge in [0, 0.05) is 25.2 Å². The Morgan fingerprint density at radius 2 is 1.95 bits per heavy atom. The number of rotatable bonds is 6. The van der Waals surface area contributed by atoms with Crippen molar-refractivity contribution in [1.29, 1.82) is 0 Å². The van der Waals surface area contributed by atoms with E-state index in [1.54, 1.807) is 31.4 Å². The zero-order valence-electron chi connectivity index (χ0n) is 12.3. The Bertz CT molecular complexity index is 419. The molecule has 1 N–H and O–H groups in total. The molecule has 0 aliphatic carbocycles. The van der Waals surface area contributed by atoms with Crippen LogP contribution < -0.4 is 22.5 Å². The normalized spacial score (nSPS) is 15.1. The highest BCUT2D eigenvalue weighted by Crippen LogP contribution is 2.11. The Hall–Kier alpha value is -1.30. The summed E-state index contributed by atoms with van der Waals surface area (Å²) in [5, 5.41) is 2.94. The van der Waals surface area contributed by atoms with Crippen molar-refractivity contribution in [3.05, 3.63) is 29.8 Å². The molecule has 0 bridgehead atoms. The third-order valence-corrected chi connectivity index (χ3v) is 3.39. The first-order valence-corrected chi connectivity index (χ1v) is 7.02. The van der Waals surface area contributed by atoms with Gasteiger partial charge in [0.2, 0.25) is 0 Å². The van der Waals surface area contributed by atoms with E-state index in [1.165, 1.54) is 0 Å². The van der Waals surface area contributed by atoms with E-state index in [-0.39, 0.29) is 18.3 Å². The number of methoxy groups -OCH3 is 1. The molecule has 1 aromatic carbocycles. The molecule has 0 saturated carbocycles. The summed E-state index contributed by atoms with van der Waals surface area (Å²) in [6.45, 7) is 5.32. The number of benzene rings is 1. The molecule has 0 spiro atoms. The zero-order chi connectivity index (χ0) is 14.2. The number of carbonyl (C=O) groups is 1. The van der Waals surface area contributed by atoms with Crippen LogP contribution in [0.2, 0.25) is 0 Å². The molecule has 6 heteroatoms. The molecule has 1 amide bonds. The van der Waals surface area contributed by atoms with Gasteiger partial charge in [0.1, 0.15) is 5.75 Å². The fourth-order valence-corrected chi connectivity index (χ4v) is 2.17. The number of amides is 1. The molecular formula is C15H22ClN2O3-. The molecule has 1 aromatic rings. The van der Waals surface area contributed by atoms with Gasteiger partial charge >= 0.3 is 0 Å². The van der Waals surface area contributed by atoms with E-state index < -0.39 is 0 Å². The summed E-state index contributed by atoms with van der Waals surface area (Å²) in [4.78, 5) is 14.3. The molecule has 118 valence electrons. The second-order valence-electron chi connectivity index (χ2n) is 4.79. The van der Waals surface area contributed by atoms with Gasteiger partial charge in [-0.15, -0.1) is 0 Å². The average molecular weight is 314 g/mol. The van der Waals surface area contributed by atoms with Crippen LogP contribution in [0.3, 0.4) is 0 Å². The van der Waals surface area contributed by atoms with Gasteiger partial charge in [0.25, 0.3) is 5.91 Å². The van der Waals surface area contributed by atoms with E-state index in [0.29, 0.717) is 12.1 Å². The van der Waals surface area contributed by atoms with E-state index in [1.807, 2.05) is 0 Å². The van der Waals surface area contributed by atoms with Gasteiger partial charge in [-0.2, -0.15) is 0 Å². The van der Waals surface area contributed by atoms with Gasteiger partial charge in [-0.3, -0.25) is 9.69 Å². The number of ether oxygens (including phenoxy) is 2. The third-order valence-electron chi connectivity index (χ3n) is 3.39. The van der Waals surface area contributed by atoms with Gasteiger partial charge in [0.15, 0.2) is 0 Å². The topological polar surface area (TPSA) is 50.8 Å². The van der Waals surface area contributed by atoms with Crippen LogP contribution in [0.15, 0.2) is 24.3 Å². The first kappa shape index (κ1) is 17.8. The average Bonchev–Trinajstić information content (AvgIpc) is 2.52. The fraction of sp³-hybridized carbons (Fsp3) is 0.533. The lowest BCUT2D eigenvalue weighted by molar-refractivity contribution is -0.0000140. The highest BCUT2D eigenvalue weighted by Gasteiger charge is 2.10. The number of hydrogen-bond acceptors (Lipinski definition) is 4. The molecule has 1 aliphatic rings. The second kappa shape index (κ2) is 9.60. The van der Waals surface area contributed by atoms with Crippen molar-refractivity contribution in [1.82, 2.24) is 10.2 Å². The van der Waals surface area contributed by atoms with E-state index in [0.717, 1.165) is 45.0 Å². The molecule has 1 saturated heterocycles. The second-order valence-corrected chi connectivity index (χ2v) is 4.79. The first-order valence-electron chi connectivity index (χ1n) is 7.02. The summed E-state index contributed by atoms with van der Waals surface area (Å²) in [6.07, 6.45) is 0.960. The summed E-state index contributed by atoms with van der Waals surface area (Å²) in [5.41, 5.74) is 0.664. The minimum atomic E-state index is -0.0327. The molecule has 0 aromatic heterocycles. The van der Waals surface area contributed by atoms with Crippen LogP contribution in [0.4, 0.5) is 0 Å². The Morgan fingerprint density at radius 1 is 1.29 bits per heavy atom. The van der Waals surface area contributed by atoms with Crippen LogP contribution in [0.5, 0.6) is 5.75 Å². The summed E-state index contributed by atoms with van der Waals surface area (Å²) in [5.74, 6) is 0.725. The van der Waals surface area contributed by atoms with E-state index >= 15 is 0 Å². The van der Waals surface area contributed by atoms with Crippen LogP contribution in [0.25, 0.3) is 0 Å². The number of morpholine rings is 1. The molecule has 1 fully saturated rings. The number of halogens is 1. The van der Waals surface area contributed by atoms with Crippen molar-refractivity contribution in [2.45, 2.75) is 6.42 Å². The summed E-state index contributed by atoms with van der Waals surface area (Å²) in [7, 11) is 1.61. The Kier molecular flexibility index (Phi) is 8.12. The lowest BCUT2D eigenvalue weighted by atomic mass is 10.2. The van der Waals surface area contributed by atoms with E-state index in [9.17, 15) is 4.79 Å². The molecule has 0 unspecified atom stereocenters. The quantitative estimate of drug-likeness (QED) is 0.627. The molecule has 21 heavy (non-hydrogen) atoms. The predicted octanol–water partition coefficient (Wildman–Crippen LogP) is -1.85. The lowest BCUT2D eigenvalue weighted by Gasteiger charge is -2.26. The SMILES string of the molecule is COc1ccc(C(=O)NCCCN2CCOCC2)cc1.[Cl-]. The monoisotopic (exact) mass is 313 g/mol. The van der Waals surface area contributed by atoms with Crippen molar-refractivity contribution in [3.8, 4) is 5.75 Å². The van der Waals surface area contributed by atoms with Gasteiger partial charge in [0.05, 0.1) is 20.3 Å². The highest BCUT2D eigenvalue weighted by atomic mass is 35.5. The maximum Gasteiger partial charge on any atom is 0.251 e. The Balaban J connectivity index is 0.00000220. The van der Waals surface area contributed by atoms with Gasteiger partial charge in [-0.1, -0.05) is 0 Å². The maximum absolute atomic E-state index is 11.9. The molecule has 1 aliphatic heterocycles. The minimum Gasteiger partial charge on any atom is -1.00 e. The standard InChI is InChI=1S/C15H22N2O3.ClH/c1-19-14-5-3-13(4-6-14)15(18)16-7-2-8-17-9-11-20-12-10-17;/h3-6H,2,7-12H2,1H3,(H,16,18);1H/p-1. The number of nitrogens with one attached hydrogen (secondary N) is 1. The summed E-state index contributed by atoms with van der Waals surface area (Å²) >= 11 is 0. The molecular weight excluding hydrogens is 292 g/mol. The molecule has 0 atom stereocenters. The van der Waals surface area contributed by atoms with Crippen LogP contribution in [0, 0.1) is 0 Å². The van der Waals surface area contributed by atoms with Crippen molar-refractivity contribution in [2.24, 2.45) is 0 Å². The highest BCUT2D eigenvalue weighted by molar-refractivity contribution is 5.94. The lowest BCUT2D eigenvalue weighted by Crippen LogP contribution is -3.00. The maximum atomic E-state index is 11.9. The first-order chi connectivity index (χ1) is 9.79. The van der Waals surface area contributed by atoms with Crippen LogP contribution >= 0.6 is 0 Å². The van der Waals surface area contributed by atoms with Crippen LogP contribution in [-0.4, -0.2) is 57.3 Å². The number of carbonyl (C=O) groups excluding carboxylic acids is 1. The van der Waals surface area contributed by atoms with Crippen LogP contribution in [-0.2, 0) is 4.74 Å².